The average molecular weight is 237 g/mol. The second-order valence-corrected chi connectivity index (χ2v) is 4.46. The van der Waals surface area contributed by atoms with Crippen molar-refractivity contribution in [3.63, 3.8) is 0 Å². The molecule has 3 rings (SSSR count). The molecule has 2 aromatic heterocycles. The van der Waals surface area contributed by atoms with Crippen molar-refractivity contribution in [2.45, 2.75) is 19.8 Å². The van der Waals surface area contributed by atoms with Crippen LogP contribution in [0.4, 0.5) is 0 Å². The third kappa shape index (κ3) is 2.12. The van der Waals surface area contributed by atoms with Gasteiger partial charge in [-0.3, -0.25) is 0 Å². The number of fused-ring (bicyclic) bond motifs is 1. The van der Waals surface area contributed by atoms with Crippen LogP contribution in [0.1, 0.15) is 17.0 Å². The van der Waals surface area contributed by atoms with Gasteiger partial charge in [0.25, 0.3) is 0 Å². The van der Waals surface area contributed by atoms with Crippen molar-refractivity contribution < 1.29 is 0 Å². The Labute approximate surface area is 106 Å². The fraction of sp³-hybridized carbons (Fsp3) is 0.200. The van der Waals surface area contributed by atoms with E-state index in [4.69, 9.17) is 0 Å². The predicted molar refractivity (Wildman–Crippen MR) is 71.6 cm³/mol. The molecular formula is C15H15N3. The van der Waals surface area contributed by atoms with Crippen LogP contribution in [0.25, 0.3) is 5.65 Å². The van der Waals surface area contributed by atoms with E-state index < -0.39 is 0 Å². The van der Waals surface area contributed by atoms with Crippen molar-refractivity contribution in [3.8, 4) is 0 Å². The summed E-state index contributed by atoms with van der Waals surface area (Å²) in [6, 6.07) is 14.4. The Morgan fingerprint density at radius 1 is 1.00 bits per heavy atom. The lowest BCUT2D eigenvalue weighted by atomic mass is 10.0. The van der Waals surface area contributed by atoms with E-state index in [-0.39, 0.29) is 0 Å². The molecule has 0 aliphatic heterocycles. The van der Waals surface area contributed by atoms with Gasteiger partial charge in [0.05, 0.1) is 0 Å². The fourth-order valence-corrected chi connectivity index (χ4v) is 2.12. The number of aromatic nitrogens is 3. The van der Waals surface area contributed by atoms with E-state index in [2.05, 4.69) is 41.3 Å². The van der Waals surface area contributed by atoms with Crippen molar-refractivity contribution in [1.82, 2.24) is 14.6 Å². The van der Waals surface area contributed by atoms with Gasteiger partial charge >= 0.3 is 0 Å². The molecule has 0 unspecified atom stereocenters. The summed E-state index contributed by atoms with van der Waals surface area (Å²) in [6.45, 7) is 2.15. The summed E-state index contributed by atoms with van der Waals surface area (Å²) in [6.07, 6.45) is 3.80. The second-order valence-electron chi connectivity index (χ2n) is 4.46. The van der Waals surface area contributed by atoms with Gasteiger partial charge in [-0.05, 0) is 36.6 Å². The lowest BCUT2D eigenvalue weighted by Crippen LogP contribution is -1.96. The minimum Gasteiger partial charge on any atom is -0.221 e. The van der Waals surface area contributed by atoms with Gasteiger partial charge < -0.3 is 0 Å². The van der Waals surface area contributed by atoms with Crippen LogP contribution < -0.4 is 0 Å². The Bertz CT molecular complexity index is 637. The third-order valence-corrected chi connectivity index (χ3v) is 3.16. The van der Waals surface area contributed by atoms with Gasteiger partial charge in [-0.1, -0.05) is 30.3 Å². The van der Waals surface area contributed by atoms with Crippen LogP contribution in [0, 0.1) is 6.92 Å². The van der Waals surface area contributed by atoms with Gasteiger partial charge in [0, 0.05) is 12.6 Å². The molecule has 90 valence electrons. The molecule has 3 nitrogen and oxygen atoms in total. The van der Waals surface area contributed by atoms with Crippen LogP contribution >= 0.6 is 0 Å². The predicted octanol–water partition coefficient (Wildman–Crippen LogP) is 2.82. The second kappa shape index (κ2) is 4.61. The average Bonchev–Trinajstić information content (AvgIpc) is 2.80. The lowest BCUT2D eigenvalue weighted by molar-refractivity contribution is 0.833. The first-order chi connectivity index (χ1) is 8.83. The summed E-state index contributed by atoms with van der Waals surface area (Å²) in [5, 5.41) is 4.46. The molecule has 0 amide bonds. The molecule has 0 saturated heterocycles. The number of nitrogens with zero attached hydrogens (tertiary/aromatic N) is 3. The Morgan fingerprint density at radius 3 is 2.67 bits per heavy atom. The molecule has 0 aliphatic carbocycles. The van der Waals surface area contributed by atoms with Crippen molar-refractivity contribution in [3.05, 3.63) is 65.6 Å². The van der Waals surface area contributed by atoms with Gasteiger partial charge in [0.2, 0.25) is 0 Å². The van der Waals surface area contributed by atoms with E-state index in [0.29, 0.717) is 0 Å². The molecule has 0 atom stereocenters. The van der Waals surface area contributed by atoms with E-state index in [9.17, 15) is 0 Å². The zero-order chi connectivity index (χ0) is 12.4. The molecular weight excluding hydrogens is 222 g/mol. The fourth-order valence-electron chi connectivity index (χ4n) is 2.12. The molecule has 18 heavy (non-hydrogen) atoms. The molecule has 0 aliphatic rings. The van der Waals surface area contributed by atoms with E-state index >= 15 is 0 Å². The van der Waals surface area contributed by atoms with Crippen LogP contribution in [-0.2, 0) is 12.8 Å². The number of hydrogen-bond donors (Lipinski definition) is 0. The van der Waals surface area contributed by atoms with Crippen LogP contribution in [0.2, 0.25) is 0 Å². The van der Waals surface area contributed by atoms with Crippen molar-refractivity contribution >= 4 is 5.65 Å². The van der Waals surface area contributed by atoms with E-state index in [1.165, 1.54) is 11.1 Å². The zero-order valence-electron chi connectivity index (χ0n) is 10.4. The first-order valence-corrected chi connectivity index (χ1v) is 6.18. The molecule has 0 radical (unpaired) electrons. The molecule has 0 saturated carbocycles. The summed E-state index contributed by atoms with van der Waals surface area (Å²) in [7, 11) is 0. The SMILES string of the molecule is Cc1ccccc1CCc1nc2ccccn2n1. The maximum atomic E-state index is 4.51. The maximum Gasteiger partial charge on any atom is 0.155 e. The van der Waals surface area contributed by atoms with Crippen molar-refractivity contribution in [1.29, 1.82) is 0 Å². The third-order valence-electron chi connectivity index (χ3n) is 3.16. The maximum absolute atomic E-state index is 4.51. The largest absolute Gasteiger partial charge is 0.221 e. The van der Waals surface area contributed by atoms with E-state index in [1.807, 2.05) is 28.9 Å². The number of hydrogen-bond acceptors (Lipinski definition) is 2. The molecule has 0 bridgehead atoms. The quantitative estimate of drug-likeness (QED) is 0.701. The molecule has 2 heterocycles. The highest BCUT2D eigenvalue weighted by molar-refractivity contribution is 5.36. The summed E-state index contributed by atoms with van der Waals surface area (Å²) in [4.78, 5) is 4.51. The van der Waals surface area contributed by atoms with Crippen molar-refractivity contribution in [2.24, 2.45) is 0 Å². The number of benzene rings is 1. The summed E-state index contributed by atoms with van der Waals surface area (Å²) in [5.74, 6) is 0.907. The summed E-state index contributed by atoms with van der Waals surface area (Å²) < 4.78 is 1.83. The topological polar surface area (TPSA) is 30.2 Å². The molecule has 0 fully saturated rings. The lowest BCUT2D eigenvalue weighted by Gasteiger charge is -2.02. The van der Waals surface area contributed by atoms with Gasteiger partial charge in [-0.25, -0.2) is 9.50 Å². The Balaban J connectivity index is 1.79. The standard InChI is InChI=1S/C15H15N3/c1-12-6-2-3-7-13(12)9-10-14-16-15-8-4-5-11-18(15)17-14/h2-8,11H,9-10H2,1H3. The van der Waals surface area contributed by atoms with Gasteiger partial charge in [0.1, 0.15) is 0 Å². The minimum atomic E-state index is 0.881. The van der Waals surface area contributed by atoms with Crippen LogP contribution in [0.3, 0.4) is 0 Å². The Hall–Kier alpha value is -2.16. The van der Waals surface area contributed by atoms with Gasteiger partial charge in [-0.2, -0.15) is 5.10 Å². The van der Waals surface area contributed by atoms with Crippen LogP contribution in [0.15, 0.2) is 48.7 Å². The monoisotopic (exact) mass is 237 g/mol. The molecule has 3 aromatic rings. The molecule has 0 spiro atoms. The molecule has 1 aromatic carbocycles. The summed E-state index contributed by atoms with van der Waals surface area (Å²) in [5.41, 5.74) is 3.62. The highest BCUT2D eigenvalue weighted by Gasteiger charge is 2.04. The van der Waals surface area contributed by atoms with E-state index in [0.717, 1.165) is 24.3 Å². The first-order valence-electron chi connectivity index (χ1n) is 6.18. The zero-order valence-corrected chi connectivity index (χ0v) is 10.4. The van der Waals surface area contributed by atoms with Crippen LogP contribution in [0.5, 0.6) is 0 Å². The van der Waals surface area contributed by atoms with Crippen molar-refractivity contribution in [2.75, 3.05) is 0 Å². The first kappa shape index (κ1) is 11.0. The smallest absolute Gasteiger partial charge is 0.155 e. The highest BCUT2D eigenvalue weighted by Crippen LogP contribution is 2.10. The molecule has 0 N–H and O–H groups in total. The van der Waals surface area contributed by atoms with E-state index in [1.54, 1.807) is 0 Å². The minimum absolute atomic E-state index is 0.881. The molecule has 3 heteroatoms. The number of pyridine rings is 1. The van der Waals surface area contributed by atoms with Gasteiger partial charge in [0.15, 0.2) is 11.5 Å². The highest BCUT2D eigenvalue weighted by atomic mass is 15.3. The summed E-state index contributed by atoms with van der Waals surface area (Å²) >= 11 is 0. The number of rotatable bonds is 3. The Morgan fingerprint density at radius 2 is 1.83 bits per heavy atom. The number of aryl methyl sites for hydroxylation is 3. The van der Waals surface area contributed by atoms with Crippen LogP contribution in [-0.4, -0.2) is 14.6 Å². The normalized spacial score (nSPS) is 10.9. The Kier molecular flexibility index (Phi) is 2.81. The van der Waals surface area contributed by atoms with Gasteiger partial charge in [-0.15, -0.1) is 0 Å².